The first-order valence-corrected chi connectivity index (χ1v) is 9.48. The average Bonchev–Trinajstić information content (AvgIpc) is 3.11. The summed E-state index contributed by atoms with van der Waals surface area (Å²) in [4.78, 5) is 12.3. The van der Waals surface area contributed by atoms with Crippen LogP contribution >= 0.6 is 0 Å². The predicted molar refractivity (Wildman–Crippen MR) is 114 cm³/mol. The molecule has 1 heterocycles. The Morgan fingerprint density at radius 2 is 1.83 bits per heavy atom. The van der Waals surface area contributed by atoms with E-state index in [-0.39, 0.29) is 12.6 Å². The van der Waals surface area contributed by atoms with E-state index in [1.807, 2.05) is 67.6 Å². The molecule has 3 aromatic rings. The fourth-order valence-electron chi connectivity index (χ4n) is 3.35. The average molecular weight is 399 g/mol. The zero-order valence-electron chi connectivity index (χ0n) is 16.7. The van der Waals surface area contributed by atoms with Gasteiger partial charge in [-0.1, -0.05) is 42.5 Å². The maximum Gasteiger partial charge on any atom is 0.355 e. The third-order valence-corrected chi connectivity index (χ3v) is 5.01. The summed E-state index contributed by atoms with van der Waals surface area (Å²) in [6.07, 6.45) is 0. The normalized spacial score (nSPS) is 13.4. The molecular weight excluding hydrogens is 378 g/mol. The van der Waals surface area contributed by atoms with Crippen LogP contribution in [0.4, 0.5) is 10.5 Å². The van der Waals surface area contributed by atoms with Gasteiger partial charge >= 0.3 is 6.03 Å². The van der Waals surface area contributed by atoms with E-state index in [1.54, 1.807) is 13.1 Å². The van der Waals surface area contributed by atoms with E-state index >= 15 is 0 Å². The largest absolute Gasteiger partial charge is 0.489 e. The van der Waals surface area contributed by atoms with Gasteiger partial charge in [0.05, 0.1) is 17.3 Å². The lowest BCUT2D eigenvalue weighted by Gasteiger charge is -2.20. The van der Waals surface area contributed by atoms with Crippen molar-refractivity contribution < 1.29 is 9.53 Å². The third-order valence-electron chi connectivity index (χ3n) is 5.01. The number of aryl methyl sites for hydroxylation is 1. The lowest BCUT2D eigenvalue weighted by Crippen LogP contribution is -2.38. The van der Waals surface area contributed by atoms with Gasteiger partial charge in [0.2, 0.25) is 0 Å². The Morgan fingerprint density at radius 3 is 2.53 bits per heavy atom. The number of ether oxygens (including phenoxy) is 1. The van der Waals surface area contributed by atoms with E-state index in [4.69, 9.17) is 4.74 Å². The minimum absolute atomic E-state index is 0.221. The second kappa shape index (κ2) is 8.25. The second-order valence-corrected chi connectivity index (χ2v) is 6.95. The number of rotatable bonds is 5. The molecule has 2 amide bonds. The first-order chi connectivity index (χ1) is 14.6. The maximum absolute atomic E-state index is 12.3. The molecule has 0 radical (unpaired) electrons. The number of carbonyl (C=O) groups is 1. The third kappa shape index (κ3) is 3.70. The smallest absolute Gasteiger partial charge is 0.355 e. The Balaban J connectivity index is 1.59. The topological polar surface area (TPSA) is 80.6 Å². The summed E-state index contributed by atoms with van der Waals surface area (Å²) in [6.45, 7) is 2.23. The molecular formula is C23H21N5O2. The standard InChI is InChI=1S/C23H21N5O2/c1-16-7-6-10-22(28-23(29)27(2)25-26-28)21(16)15-30-19-11-12-20(18(13-19)14-24)17-8-4-3-5-9-17/h3-13,25-26H,15H2,1-2H3. The number of hydrogen-bond acceptors (Lipinski definition) is 5. The molecule has 0 atom stereocenters. The lowest BCUT2D eigenvalue weighted by molar-refractivity contribution is 0.214. The van der Waals surface area contributed by atoms with Crippen LogP contribution in [-0.4, -0.2) is 18.1 Å². The molecule has 150 valence electrons. The Labute approximate surface area is 175 Å². The van der Waals surface area contributed by atoms with Crippen LogP contribution in [-0.2, 0) is 6.61 Å². The monoisotopic (exact) mass is 399 g/mol. The van der Waals surface area contributed by atoms with E-state index in [0.29, 0.717) is 17.0 Å². The van der Waals surface area contributed by atoms with Crippen molar-refractivity contribution in [2.75, 3.05) is 12.1 Å². The first kappa shape index (κ1) is 19.5. The van der Waals surface area contributed by atoms with Crippen LogP contribution < -0.4 is 20.8 Å². The molecule has 1 aliphatic heterocycles. The van der Waals surface area contributed by atoms with Crippen molar-refractivity contribution in [3.8, 4) is 22.9 Å². The molecule has 3 aromatic carbocycles. The zero-order chi connectivity index (χ0) is 21.1. The second-order valence-electron chi connectivity index (χ2n) is 6.95. The van der Waals surface area contributed by atoms with Gasteiger partial charge in [0.15, 0.2) is 0 Å². The van der Waals surface area contributed by atoms with E-state index in [9.17, 15) is 10.1 Å². The van der Waals surface area contributed by atoms with Gasteiger partial charge in [-0.3, -0.25) is 0 Å². The van der Waals surface area contributed by atoms with E-state index < -0.39 is 0 Å². The zero-order valence-corrected chi connectivity index (χ0v) is 16.7. The summed E-state index contributed by atoms with van der Waals surface area (Å²) in [5, 5.41) is 12.4. The Morgan fingerprint density at radius 1 is 1.03 bits per heavy atom. The van der Waals surface area contributed by atoms with Crippen molar-refractivity contribution in [3.63, 3.8) is 0 Å². The van der Waals surface area contributed by atoms with Gasteiger partial charge in [-0.25, -0.2) is 14.8 Å². The summed E-state index contributed by atoms with van der Waals surface area (Å²) in [5.41, 5.74) is 10.6. The molecule has 1 fully saturated rings. The van der Waals surface area contributed by atoms with Gasteiger partial charge in [-0.2, -0.15) is 5.26 Å². The van der Waals surface area contributed by atoms with Crippen LogP contribution in [0, 0.1) is 18.3 Å². The SMILES string of the molecule is Cc1cccc(N2NNN(C)C2=O)c1COc1ccc(-c2ccccc2)c(C#N)c1. The number of benzene rings is 3. The van der Waals surface area contributed by atoms with Crippen LogP contribution in [0.1, 0.15) is 16.7 Å². The van der Waals surface area contributed by atoms with Crippen molar-refractivity contribution in [1.29, 1.82) is 5.26 Å². The summed E-state index contributed by atoms with van der Waals surface area (Å²) in [5.74, 6) is 0.594. The molecule has 7 nitrogen and oxygen atoms in total. The highest BCUT2D eigenvalue weighted by Crippen LogP contribution is 2.29. The summed E-state index contributed by atoms with van der Waals surface area (Å²) < 4.78 is 6.02. The van der Waals surface area contributed by atoms with Gasteiger partial charge in [-0.15, -0.1) is 11.1 Å². The van der Waals surface area contributed by atoms with Crippen LogP contribution in [0.5, 0.6) is 5.75 Å². The number of nitrogens with one attached hydrogen (secondary N) is 2. The molecule has 0 aliphatic carbocycles. The number of urea groups is 1. The minimum atomic E-state index is -0.221. The Bertz CT molecular complexity index is 1120. The van der Waals surface area contributed by atoms with Crippen LogP contribution in [0.2, 0.25) is 0 Å². The highest BCUT2D eigenvalue weighted by atomic mass is 16.5. The van der Waals surface area contributed by atoms with E-state index in [2.05, 4.69) is 17.1 Å². The molecule has 1 aliphatic rings. The number of hydrazine groups is 3. The van der Waals surface area contributed by atoms with Crippen LogP contribution in [0.25, 0.3) is 11.1 Å². The van der Waals surface area contributed by atoms with Crippen molar-refractivity contribution in [1.82, 2.24) is 16.1 Å². The van der Waals surface area contributed by atoms with Crippen molar-refractivity contribution in [2.24, 2.45) is 0 Å². The quantitative estimate of drug-likeness (QED) is 0.680. The Kier molecular flexibility index (Phi) is 5.35. The van der Waals surface area contributed by atoms with Crippen LogP contribution in [0.15, 0.2) is 66.7 Å². The Hall–Kier alpha value is -3.86. The van der Waals surface area contributed by atoms with Gasteiger partial charge in [0.1, 0.15) is 12.4 Å². The fourth-order valence-corrected chi connectivity index (χ4v) is 3.35. The van der Waals surface area contributed by atoms with Gasteiger partial charge in [0, 0.05) is 12.6 Å². The molecule has 4 rings (SSSR count). The molecule has 7 heteroatoms. The fraction of sp³-hybridized carbons (Fsp3) is 0.130. The van der Waals surface area contributed by atoms with E-state index in [1.165, 1.54) is 10.0 Å². The number of anilines is 1. The lowest BCUT2D eigenvalue weighted by atomic mass is 10.0. The molecule has 0 spiro atoms. The summed E-state index contributed by atoms with van der Waals surface area (Å²) in [7, 11) is 1.64. The molecule has 1 saturated heterocycles. The van der Waals surface area contributed by atoms with Gasteiger partial charge < -0.3 is 4.74 Å². The molecule has 0 aromatic heterocycles. The number of amides is 2. The molecule has 30 heavy (non-hydrogen) atoms. The number of nitriles is 1. The number of hydrogen-bond donors (Lipinski definition) is 2. The molecule has 2 N–H and O–H groups in total. The first-order valence-electron chi connectivity index (χ1n) is 9.48. The van der Waals surface area contributed by atoms with Crippen molar-refractivity contribution >= 4 is 11.7 Å². The minimum Gasteiger partial charge on any atom is -0.489 e. The predicted octanol–water partition coefficient (Wildman–Crippen LogP) is 3.91. The van der Waals surface area contributed by atoms with Gasteiger partial charge in [-0.05, 0) is 47.9 Å². The number of carbonyl (C=O) groups excluding carboxylic acids is 1. The molecule has 0 unspecified atom stereocenters. The highest BCUT2D eigenvalue weighted by molar-refractivity contribution is 5.93. The number of nitrogens with zero attached hydrogens (tertiary/aromatic N) is 3. The summed E-state index contributed by atoms with van der Waals surface area (Å²) >= 11 is 0. The van der Waals surface area contributed by atoms with E-state index in [0.717, 1.165) is 22.3 Å². The van der Waals surface area contributed by atoms with Crippen molar-refractivity contribution in [3.05, 3.63) is 83.4 Å². The van der Waals surface area contributed by atoms with Gasteiger partial charge in [0.25, 0.3) is 0 Å². The van der Waals surface area contributed by atoms with Crippen LogP contribution in [0.3, 0.4) is 0 Å². The van der Waals surface area contributed by atoms with Crippen molar-refractivity contribution in [2.45, 2.75) is 13.5 Å². The summed E-state index contributed by atoms with van der Waals surface area (Å²) in [6, 6.07) is 23.0. The molecule has 0 saturated carbocycles. The maximum atomic E-state index is 12.3. The molecule has 0 bridgehead atoms. The highest BCUT2D eigenvalue weighted by Gasteiger charge is 2.28.